The van der Waals surface area contributed by atoms with Crippen molar-refractivity contribution in [3.8, 4) is 6.07 Å². The highest BCUT2D eigenvalue weighted by Gasteiger charge is 2.26. The summed E-state index contributed by atoms with van der Waals surface area (Å²) in [6.07, 6.45) is 6.65. The third-order valence-electron chi connectivity index (χ3n) is 7.12. The summed E-state index contributed by atoms with van der Waals surface area (Å²) in [5, 5.41) is 8.99. The van der Waals surface area contributed by atoms with Crippen LogP contribution in [-0.4, -0.2) is 50.2 Å². The molecule has 0 aromatic heterocycles. The molecule has 2 aromatic rings. The Bertz CT molecular complexity index is 886. The van der Waals surface area contributed by atoms with Gasteiger partial charge in [0.25, 0.3) is 0 Å². The first-order valence-electron chi connectivity index (χ1n) is 11.2. The van der Waals surface area contributed by atoms with Gasteiger partial charge in [0.2, 0.25) is 0 Å². The molecule has 0 atom stereocenters. The van der Waals surface area contributed by atoms with Crippen LogP contribution < -0.4 is 9.80 Å². The normalized spacial score (nSPS) is 20.5. The van der Waals surface area contributed by atoms with Crippen LogP contribution in [0.25, 0.3) is 0 Å². The Morgan fingerprint density at radius 2 is 1.34 bits per heavy atom. The van der Waals surface area contributed by atoms with E-state index in [1.165, 1.54) is 56.6 Å². The van der Waals surface area contributed by atoms with Gasteiger partial charge in [0, 0.05) is 56.7 Å². The summed E-state index contributed by atoms with van der Waals surface area (Å²) < 4.78 is 0. The Hall–Kier alpha value is -2.51. The summed E-state index contributed by atoms with van der Waals surface area (Å²) in [7, 11) is 0. The minimum absolute atomic E-state index is 0.730. The standard InChI is InChI=1S/C25H30N4/c26-19-20-4-7-24(8-5-20)28-14-16-29(17-15-28)25-9-6-21-10-12-27(23-2-1-3-23)13-11-22(21)18-25/h4-9,18,23H,1-3,10-17H2. The second-order valence-electron chi connectivity index (χ2n) is 8.71. The van der Waals surface area contributed by atoms with E-state index in [0.717, 1.165) is 37.8 Å². The molecule has 1 aliphatic carbocycles. The Kier molecular flexibility index (Phi) is 5.16. The molecule has 1 saturated carbocycles. The van der Waals surface area contributed by atoms with Crippen LogP contribution >= 0.6 is 0 Å². The van der Waals surface area contributed by atoms with Crippen LogP contribution in [0.2, 0.25) is 0 Å². The van der Waals surface area contributed by atoms with Gasteiger partial charge in [-0.15, -0.1) is 0 Å². The molecule has 2 aromatic carbocycles. The van der Waals surface area contributed by atoms with Crippen LogP contribution in [-0.2, 0) is 12.8 Å². The number of benzene rings is 2. The van der Waals surface area contributed by atoms with E-state index >= 15 is 0 Å². The highest BCUT2D eigenvalue weighted by atomic mass is 15.3. The van der Waals surface area contributed by atoms with Gasteiger partial charge in [0.1, 0.15) is 0 Å². The first kappa shape index (κ1) is 18.5. The van der Waals surface area contributed by atoms with E-state index in [1.54, 1.807) is 11.1 Å². The summed E-state index contributed by atoms with van der Waals surface area (Å²) in [6, 6.07) is 18.2. The highest BCUT2D eigenvalue weighted by Crippen LogP contribution is 2.29. The fraction of sp³-hybridized carbons (Fsp3) is 0.480. The number of nitriles is 1. The molecule has 5 rings (SSSR count). The van der Waals surface area contributed by atoms with Gasteiger partial charge in [-0.2, -0.15) is 5.26 Å². The molecule has 0 amide bonds. The van der Waals surface area contributed by atoms with Crippen molar-refractivity contribution < 1.29 is 0 Å². The molecule has 0 bridgehead atoms. The van der Waals surface area contributed by atoms with E-state index in [9.17, 15) is 0 Å². The third kappa shape index (κ3) is 3.84. The van der Waals surface area contributed by atoms with Crippen molar-refractivity contribution >= 4 is 11.4 Å². The van der Waals surface area contributed by atoms with Gasteiger partial charge in [-0.25, -0.2) is 0 Å². The molecule has 4 heteroatoms. The van der Waals surface area contributed by atoms with Crippen LogP contribution in [0.15, 0.2) is 42.5 Å². The zero-order valence-electron chi connectivity index (χ0n) is 17.2. The van der Waals surface area contributed by atoms with Gasteiger partial charge in [0.05, 0.1) is 11.6 Å². The lowest BCUT2D eigenvalue weighted by atomic mass is 9.91. The van der Waals surface area contributed by atoms with E-state index < -0.39 is 0 Å². The second-order valence-corrected chi connectivity index (χ2v) is 8.71. The van der Waals surface area contributed by atoms with Gasteiger partial charge in [-0.3, -0.25) is 4.90 Å². The Morgan fingerprint density at radius 3 is 1.97 bits per heavy atom. The maximum Gasteiger partial charge on any atom is 0.0991 e. The van der Waals surface area contributed by atoms with Crippen molar-refractivity contribution in [2.75, 3.05) is 49.1 Å². The third-order valence-corrected chi connectivity index (χ3v) is 7.12. The van der Waals surface area contributed by atoms with Gasteiger partial charge in [-0.05, 0) is 73.2 Å². The number of nitrogens with zero attached hydrogens (tertiary/aromatic N) is 4. The summed E-state index contributed by atoms with van der Waals surface area (Å²) in [4.78, 5) is 7.70. The predicted octanol–water partition coefficient (Wildman–Crippen LogP) is 3.84. The lowest BCUT2D eigenvalue weighted by Crippen LogP contribution is -2.46. The topological polar surface area (TPSA) is 33.5 Å². The molecule has 0 spiro atoms. The molecule has 0 unspecified atom stereocenters. The molecule has 2 heterocycles. The highest BCUT2D eigenvalue weighted by molar-refractivity contribution is 5.55. The van der Waals surface area contributed by atoms with Crippen LogP contribution in [0, 0.1) is 11.3 Å². The zero-order chi connectivity index (χ0) is 19.6. The fourth-order valence-electron chi connectivity index (χ4n) is 5.01. The molecule has 0 radical (unpaired) electrons. The lowest BCUT2D eigenvalue weighted by molar-refractivity contribution is 0.133. The maximum atomic E-state index is 8.99. The van der Waals surface area contributed by atoms with Gasteiger partial charge >= 0.3 is 0 Å². The van der Waals surface area contributed by atoms with E-state index in [-0.39, 0.29) is 0 Å². The van der Waals surface area contributed by atoms with Crippen LogP contribution in [0.1, 0.15) is 36.0 Å². The largest absolute Gasteiger partial charge is 0.368 e. The van der Waals surface area contributed by atoms with Crippen molar-refractivity contribution in [3.63, 3.8) is 0 Å². The minimum Gasteiger partial charge on any atom is -0.368 e. The van der Waals surface area contributed by atoms with E-state index in [1.807, 2.05) is 12.1 Å². The maximum absolute atomic E-state index is 8.99. The molecule has 2 fully saturated rings. The Balaban J connectivity index is 1.22. The number of hydrogen-bond donors (Lipinski definition) is 0. The summed E-state index contributed by atoms with van der Waals surface area (Å²) >= 11 is 0. The van der Waals surface area contributed by atoms with Gasteiger partial charge in [0.15, 0.2) is 0 Å². The van der Waals surface area contributed by atoms with Crippen LogP contribution in [0.5, 0.6) is 0 Å². The summed E-state index contributed by atoms with van der Waals surface area (Å²) in [6.45, 7) is 6.62. The number of hydrogen-bond acceptors (Lipinski definition) is 4. The summed E-state index contributed by atoms with van der Waals surface area (Å²) in [5.41, 5.74) is 6.47. The van der Waals surface area contributed by atoms with Crippen molar-refractivity contribution in [1.29, 1.82) is 5.26 Å². The van der Waals surface area contributed by atoms with E-state index in [2.05, 4.69) is 51.1 Å². The Labute approximate surface area is 174 Å². The predicted molar refractivity (Wildman–Crippen MR) is 119 cm³/mol. The van der Waals surface area contributed by atoms with Crippen LogP contribution in [0.3, 0.4) is 0 Å². The van der Waals surface area contributed by atoms with Crippen LogP contribution in [0.4, 0.5) is 11.4 Å². The monoisotopic (exact) mass is 386 g/mol. The lowest BCUT2D eigenvalue weighted by Gasteiger charge is -2.37. The molecule has 3 aliphatic rings. The second kappa shape index (κ2) is 8.08. The Morgan fingerprint density at radius 1 is 0.724 bits per heavy atom. The van der Waals surface area contributed by atoms with Gasteiger partial charge in [-0.1, -0.05) is 12.5 Å². The SMILES string of the molecule is N#Cc1ccc(N2CCN(c3ccc4c(c3)CCN(C3CCC3)CC4)CC2)cc1. The van der Waals surface area contributed by atoms with Gasteiger partial charge < -0.3 is 9.80 Å². The average molecular weight is 387 g/mol. The number of piperazine rings is 1. The van der Waals surface area contributed by atoms with Crippen molar-refractivity contribution in [3.05, 3.63) is 59.2 Å². The van der Waals surface area contributed by atoms with Crippen molar-refractivity contribution in [1.82, 2.24) is 4.90 Å². The molecule has 1 saturated heterocycles. The minimum atomic E-state index is 0.730. The first-order valence-corrected chi connectivity index (χ1v) is 11.2. The molecule has 4 nitrogen and oxygen atoms in total. The molecular weight excluding hydrogens is 356 g/mol. The average Bonchev–Trinajstić information content (AvgIpc) is 2.95. The van der Waals surface area contributed by atoms with Crippen molar-refractivity contribution in [2.24, 2.45) is 0 Å². The molecular formula is C25H30N4. The molecule has 2 aliphatic heterocycles. The quantitative estimate of drug-likeness (QED) is 0.803. The summed E-state index contributed by atoms with van der Waals surface area (Å²) in [5.74, 6) is 0. The zero-order valence-corrected chi connectivity index (χ0v) is 17.2. The van der Waals surface area contributed by atoms with Crippen molar-refractivity contribution in [2.45, 2.75) is 38.1 Å². The molecule has 0 N–H and O–H groups in total. The number of fused-ring (bicyclic) bond motifs is 1. The molecule has 29 heavy (non-hydrogen) atoms. The number of rotatable bonds is 3. The number of anilines is 2. The van der Waals surface area contributed by atoms with E-state index in [0.29, 0.717) is 0 Å². The van der Waals surface area contributed by atoms with E-state index in [4.69, 9.17) is 5.26 Å². The molecule has 150 valence electrons. The fourth-order valence-corrected chi connectivity index (χ4v) is 5.01. The first-order chi connectivity index (χ1) is 14.3. The smallest absolute Gasteiger partial charge is 0.0991 e.